The summed E-state index contributed by atoms with van der Waals surface area (Å²) in [5.74, 6) is -5.05. The van der Waals surface area contributed by atoms with Gasteiger partial charge in [-0.2, -0.15) is 8.78 Å². The van der Waals surface area contributed by atoms with Crippen LogP contribution in [0.5, 0.6) is 0 Å². The van der Waals surface area contributed by atoms with E-state index in [0.717, 1.165) is 0 Å². The van der Waals surface area contributed by atoms with Crippen molar-refractivity contribution in [1.82, 2.24) is 9.80 Å². The van der Waals surface area contributed by atoms with Gasteiger partial charge in [0.2, 0.25) is 0 Å². The number of aliphatic hydroxyl groups excluding tert-OH is 1. The number of ether oxygens (including phenoxy) is 3. The van der Waals surface area contributed by atoms with Crippen LogP contribution in [-0.4, -0.2) is 112 Å². The molecular weight excluding hydrogens is 455 g/mol. The van der Waals surface area contributed by atoms with Gasteiger partial charge in [-0.25, -0.2) is 13.2 Å². The molecule has 0 aromatic heterocycles. The maximum Gasteiger partial charge on any atom is 0.330 e. The molecule has 0 saturated carbocycles. The van der Waals surface area contributed by atoms with Crippen molar-refractivity contribution in [2.45, 2.75) is 24.6 Å². The zero-order valence-corrected chi connectivity index (χ0v) is 18.3. The lowest BCUT2D eigenvalue weighted by Gasteiger charge is -2.36. The number of carbonyl (C=O) groups is 1. The van der Waals surface area contributed by atoms with Crippen LogP contribution < -0.4 is 0 Å². The third-order valence-electron chi connectivity index (χ3n) is 4.98. The van der Waals surface area contributed by atoms with Gasteiger partial charge in [0.05, 0.1) is 32.0 Å². The van der Waals surface area contributed by atoms with Crippen molar-refractivity contribution in [3.8, 4) is 0 Å². The van der Waals surface area contributed by atoms with Gasteiger partial charge in [-0.1, -0.05) is 0 Å². The van der Waals surface area contributed by atoms with E-state index in [9.17, 15) is 31.9 Å². The van der Waals surface area contributed by atoms with Crippen LogP contribution in [0.3, 0.4) is 0 Å². The van der Waals surface area contributed by atoms with Crippen molar-refractivity contribution < 1.29 is 46.1 Å². The van der Waals surface area contributed by atoms with Crippen LogP contribution in [-0.2, 0) is 14.2 Å². The average Bonchev–Trinajstić information content (AvgIpc) is 2.76. The Hall–Kier alpha value is -1.86. The van der Waals surface area contributed by atoms with Gasteiger partial charge in [0.15, 0.2) is 0 Å². The van der Waals surface area contributed by atoms with Crippen LogP contribution in [0.4, 0.5) is 22.0 Å². The van der Waals surface area contributed by atoms with Gasteiger partial charge >= 0.3 is 12.3 Å². The number of hydrogen-bond acceptors (Lipinski definition) is 6. The molecule has 7 nitrogen and oxygen atoms in total. The molecule has 1 heterocycles. The number of benzene rings is 1. The lowest BCUT2D eigenvalue weighted by Crippen LogP contribution is -2.51. The van der Waals surface area contributed by atoms with Crippen molar-refractivity contribution in [3.05, 3.63) is 35.6 Å². The molecule has 1 aliphatic heterocycles. The summed E-state index contributed by atoms with van der Waals surface area (Å²) in [6, 6.07) is 5.17. The summed E-state index contributed by atoms with van der Waals surface area (Å²) < 4.78 is 78.6. The fourth-order valence-electron chi connectivity index (χ4n) is 3.30. The molecule has 0 aliphatic carbocycles. The lowest BCUT2D eigenvalue weighted by molar-refractivity contribution is -0.171. The van der Waals surface area contributed by atoms with Gasteiger partial charge in [-0.3, -0.25) is 9.69 Å². The summed E-state index contributed by atoms with van der Waals surface area (Å²) in [6.45, 7) is -0.0715. The molecular formula is C21H29F5N2O5. The number of aliphatic hydroxyl groups is 1. The molecule has 33 heavy (non-hydrogen) atoms. The highest BCUT2D eigenvalue weighted by Crippen LogP contribution is 2.23. The predicted molar refractivity (Wildman–Crippen MR) is 108 cm³/mol. The molecule has 1 saturated heterocycles. The van der Waals surface area contributed by atoms with Gasteiger partial charge < -0.3 is 24.2 Å². The Kier molecular flexibility index (Phi) is 10.9. The minimum absolute atomic E-state index is 0.0596. The Morgan fingerprint density at radius 1 is 1.33 bits per heavy atom. The van der Waals surface area contributed by atoms with Crippen molar-refractivity contribution >= 4 is 5.91 Å². The summed E-state index contributed by atoms with van der Waals surface area (Å²) in [7, 11) is 1.50. The van der Waals surface area contributed by atoms with Crippen LogP contribution >= 0.6 is 0 Å². The van der Waals surface area contributed by atoms with Crippen molar-refractivity contribution in [2.75, 3.05) is 66.3 Å². The highest BCUT2D eigenvalue weighted by molar-refractivity contribution is 5.94. The number of morpholine rings is 1. The summed E-state index contributed by atoms with van der Waals surface area (Å²) in [6.07, 6.45) is -5.41. The molecule has 1 fully saturated rings. The van der Waals surface area contributed by atoms with Crippen LogP contribution in [0.15, 0.2) is 24.3 Å². The second-order valence-corrected chi connectivity index (χ2v) is 7.73. The molecule has 0 radical (unpaired) electrons. The fraction of sp³-hybridized carbons (Fsp3) is 0.667. The minimum atomic E-state index is -4.27. The van der Waals surface area contributed by atoms with E-state index in [-0.39, 0.29) is 32.1 Å². The molecule has 1 aromatic carbocycles. The minimum Gasteiger partial charge on any atom is -0.389 e. The topological polar surface area (TPSA) is 71.5 Å². The first-order valence-electron chi connectivity index (χ1n) is 10.4. The third kappa shape index (κ3) is 9.13. The number of rotatable bonds is 13. The number of methoxy groups -OCH3 is 1. The Labute approximate surface area is 189 Å². The molecule has 188 valence electrons. The SMILES string of the molecule is COCCN(C[C@@H]1CN(C[C@H](O)COCC(F)(F)C(F)F)CCO1)C(=O)c1ccc(F)cc1. The highest BCUT2D eigenvalue weighted by Gasteiger charge is 2.41. The van der Waals surface area contributed by atoms with Crippen molar-refractivity contribution in [1.29, 1.82) is 0 Å². The molecule has 0 spiro atoms. The van der Waals surface area contributed by atoms with E-state index in [2.05, 4.69) is 4.74 Å². The summed E-state index contributed by atoms with van der Waals surface area (Å²) >= 11 is 0. The van der Waals surface area contributed by atoms with Crippen molar-refractivity contribution in [3.63, 3.8) is 0 Å². The number of nitrogens with zero attached hydrogens (tertiary/aromatic N) is 2. The molecule has 2 atom stereocenters. The zero-order chi connectivity index (χ0) is 24.4. The molecule has 1 aliphatic rings. The number of halogens is 5. The average molecular weight is 484 g/mol. The standard InChI is InChI=1S/C21H29F5N2O5/c1-31-8-7-28(19(30)15-2-4-16(22)5-3-15)12-18-11-27(6-9-33-18)10-17(29)13-32-14-21(25,26)20(23)24/h2-5,17-18,20,29H,6-14H2,1H3/t17-,18-/m0/s1. The number of carbonyl (C=O) groups excluding carboxylic acids is 1. The van der Waals surface area contributed by atoms with E-state index < -0.39 is 43.6 Å². The second kappa shape index (κ2) is 13.1. The van der Waals surface area contributed by atoms with Crippen molar-refractivity contribution in [2.24, 2.45) is 0 Å². The number of hydrogen-bond donors (Lipinski definition) is 1. The van der Waals surface area contributed by atoms with Crippen LogP contribution in [0.25, 0.3) is 0 Å². The van der Waals surface area contributed by atoms with Gasteiger partial charge in [0.1, 0.15) is 12.4 Å². The van der Waals surface area contributed by atoms with Gasteiger partial charge in [-0.15, -0.1) is 0 Å². The maximum absolute atomic E-state index is 13.2. The molecule has 1 amide bonds. The normalized spacial score (nSPS) is 18.5. The molecule has 1 N–H and O–H groups in total. The number of β-amino-alcohol motifs (C(OH)–C–C–N with tert-alkyl or cyclic N) is 1. The number of amides is 1. The monoisotopic (exact) mass is 484 g/mol. The number of alkyl halides is 4. The van der Waals surface area contributed by atoms with E-state index in [0.29, 0.717) is 25.3 Å². The highest BCUT2D eigenvalue weighted by atomic mass is 19.3. The van der Waals surface area contributed by atoms with E-state index in [1.165, 1.54) is 36.3 Å². The van der Waals surface area contributed by atoms with Crippen LogP contribution in [0.1, 0.15) is 10.4 Å². The van der Waals surface area contributed by atoms with Crippen LogP contribution in [0.2, 0.25) is 0 Å². The molecule has 1 aromatic rings. The quantitative estimate of drug-likeness (QED) is 0.432. The van der Waals surface area contributed by atoms with E-state index in [1.54, 1.807) is 0 Å². The first-order chi connectivity index (χ1) is 15.6. The summed E-state index contributed by atoms with van der Waals surface area (Å²) in [5, 5.41) is 10.0. The fourth-order valence-corrected chi connectivity index (χ4v) is 3.30. The second-order valence-electron chi connectivity index (χ2n) is 7.73. The Balaban J connectivity index is 1.87. The Bertz CT molecular complexity index is 726. The predicted octanol–water partition coefficient (Wildman–Crippen LogP) is 1.89. The molecule has 0 bridgehead atoms. The maximum atomic E-state index is 13.2. The molecule has 0 unspecified atom stereocenters. The van der Waals surface area contributed by atoms with E-state index >= 15 is 0 Å². The molecule has 12 heteroatoms. The first-order valence-corrected chi connectivity index (χ1v) is 10.4. The summed E-state index contributed by atoms with van der Waals surface area (Å²) in [5.41, 5.74) is 0.313. The smallest absolute Gasteiger partial charge is 0.330 e. The molecule has 2 rings (SSSR count). The Morgan fingerprint density at radius 2 is 2.03 bits per heavy atom. The van der Waals surface area contributed by atoms with Gasteiger partial charge in [0, 0.05) is 45.4 Å². The van der Waals surface area contributed by atoms with E-state index in [1.807, 2.05) is 4.90 Å². The third-order valence-corrected chi connectivity index (χ3v) is 4.98. The largest absolute Gasteiger partial charge is 0.389 e. The van der Waals surface area contributed by atoms with Gasteiger partial charge in [-0.05, 0) is 24.3 Å². The summed E-state index contributed by atoms with van der Waals surface area (Å²) in [4.78, 5) is 16.2. The first kappa shape index (κ1) is 27.4. The van der Waals surface area contributed by atoms with Gasteiger partial charge in [0.25, 0.3) is 5.91 Å². The Morgan fingerprint density at radius 3 is 2.67 bits per heavy atom. The zero-order valence-electron chi connectivity index (χ0n) is 18.3. The lowest BCUT2D eigenvalue weighted by atomic mass is 10.1. The van der Waals surface area contributed by atoms with E-state index in [4.69, 9.17) is 9.47 Å². The van der Waals surface area contributed by atoms with Crippen LogP contribution in [0, 0.1) is 5.82 Å².